The quantitative estimate of drug-likeness (QED) is 0.858. The third-order valence-electron chi connectivity index (χ3n) is 2.70. The van der Waals surface area contributed by atoms with Gasteiger partial charge >= 0.3 is 0 Å². The van der Waals surface area contributed by atoms with Gasteiger partial charge in [0.2, 0.25) is 0 Å². The Hall–Kier alpha value is -1.55. The summed E-state index contributed by atoms with van der Waals surface area (Å²) in [7, 11) is 0. The number of hydrogen-bond donors (Lipinski definition) is 1. The van der Waals surface area contributed by atoms with Crippen LogP contribution < -0.4 is 5.73 Å². The molecule has 86 valence electrons. The minimum atomic E-state index is -0.149. The zero-order chi connectivity index (χ0) is 11.5. The third kappa shape index (κ3) is 2.02. The van der Waals surface area contributed by atoms with Gasteiger partial charge in [-0.2, -0.15) is 5.10 Å². The Morgan fingerprint density at radius 3 is 3.00 bits per heavy atom. The lowest BCUT2D eigenvalue weighted by atomic mass is 10.0. The predicted octanol–water partition coefficient (Wildman–Crippen LogP) is 2.24. The van der Waals surface area contributed by atoms with E-state index in [1.165, 1.54) is 0 Å². The Morgan fingerprint density at radius 1 is 1.56 bits per heavy atom. The molecule has 2 N–H and O–H groups in total. The van der Waals surface area contributed by atoms with Crippen molar-refractivity contribution in [3.8, 4) is 0 Å². The molecule has 1 atom stereocenters. The molecule has 4 heteroatoms. The van der Waals surface area contributed by atoms with Crippen LogP contribution in [0.4, 0.5) is 0 Å². The van der Waals surface area contributed by atoms with E-state index in [9.17, 15) is 0 Å². The van der Waals surface area contributed by atoms with Crippen LogP contribution in [0.2, 0.25) is 0 Å². The van der Waals surface area contributed by atoms with Crippen molar-refractivity contribution in [1.29, 1.82) is 0 Å². The van der Waals surface area contributed by atoms with Crippen molar-refractivity contribution in [2.75, 3.05) is 0 Å². The molecule has 0 aliphatic heterocycles. The Kier molecular flexibility index (Phi) is 3.10. The van der Waals surface area contributed by atoms with Crippen molar-refractivity contribution in [2.45, 2.75) is 32.9 Å². The van der Waals surface area contributed by atoms with Crippen molar-refractivity contribution in [3.05, 3.63) is 41.6 Å². The first-order valence-electron chi connectivity index (χ1n) is 5.54. The maximum absolute atomic E-state index is 6.16. The summed E-state index contributed by atoms with van der Waals surface area (Å²) in [5.41, 5.74) is 8.21. The average Bonchev–Trinajstić information content (AvgIpc) is 2.87. The largest absolute Gasteiger partial charge is 0.469 e. The van der Waals surface area contributed by atoms with Crippen molar-refractivity contribution in [3.63, 3.8) is 0 Å². The van der Waals surface area contributed by atoms with Crippen LogP contribution in [0, 0.1) is 6.92 Å². The number of furan rings is 1. The summed E-state index contributed by atoms with van der Waals surface area (Å²) in [6.07, 6.45) is 6.56. The Bertz CT molecular complexity index is 458. The molecule has 0 radical (unpaired) electrons. The van der Waals surface area contributed by atoms with Crippen LogP contribution in [-0.4, -0.2) is 9.78 Å². The molecule has 4 nitrogen and oxygen atoms in total. The average molecular weight is 219 g/mol. The first kappa shape index (κ1) is 11.0. The molecule has 0 aromatic carbocycles. The van der Waals surface area contributed by atoms with Crippen LogP contribution in [0.25, 0.3) is 0 Å². The van der Waals surface area contributed by atoms with E-state index < -0.39 is 0 Å². The van der Waals surface area contributed by atoms with Crippen LogP contribution in [0.5, 0.6) is 0 Å². The Morgan fingerprint density at radius 2 is 2.38 bits per heavy atom. The first-order valence-corrected chi connectivity index (χ1v) is 5.54. The standard InChI is InChI=1S/C12H17N3O/c1-3-5-15-8-10(7-14-15)12(13)11-4-6-16-9(11)2/h4,6-8,12H,3,5,13H2,1-2H3. The summed E-state index contributed by atoms with van der Waals surface area (Å²) < 4.78 is 7.18. The molecule has 0 aliphatic rings. The fraction of sp³-hybridized carbons (Fsp3) is 0.417. The van der Waals surface area contributed by atoms with Crippen molar-refractivity contribution in [1.82, 2.24) is 9.78 Å². The highest BCUT2D eigenvalue weighted by Gasteiger charge is 2.14. The van der Waals surface area contributed by atoms with Gasteiger partial charge in [-0.3, -0.25) is 4.68 Å². The van der Waals surface area contributed by atoms with Gasteiger partial charge < -0.3 is 10.2 Å². The molecule has 0 aliphatic carbocycles. The van der Waals surface area contributed by atoms with Gasteiger partial charge in [-0.15, -0.1) is 0 Å². The Balaban J connectivity index is 2.20. The number of nitrogens with zero attached hydrogens (tertiary/aromatic N) is 2. The number of aromatic nitrogens is 2. The second kappa shape index (κ2) is 4.53. The van der Waals surface area contributed by atoms with E-state index in [1.807, 2.05) is 30.1 Å². The number of rotatable bonds is 4. The van der Waals surface area contributed by atoms with Gasteiger partial charge in [0.15, 0.2) is 0 Å². The highest BCUT2D eigenvalue weighted by atomic mass is 16.3. The molecular formula is C12H17N3O. The molecule has 0 amide bonds. The second-order valence-electron chi connectivity index (χ2n) is 3.95. The van der Waals surface area contributed by atoms with Gasteiger partial charge in [-0.25, -0.2) is 0 Å². The van der Waals surface area contributed by atoms with Gasteiger partial charge in [-0.05, 0) is 19.4 Å². The lowest BCUT2D eigenvalue weighted by Gasteiger charge is -2.07. The van der Waals surface area contributed by atoms with Crippen LogP contribution in [0.1, 0.15) is 36.3 Å². The normalized spacial score (nSPS) is 12.9. The summed E-state index contributed by atoms with van der Waals surface area (Å²) in [6, 6.07) is 1.77. The molecule has 0 bridgehead atoms. The molecule has 2 heterocycles. The zero-order valence-corrected chi connectivity index (χ0v) is 9.68. The highest BCUT2D eigenvalue weighted by Crippen LogP contribution is 2.22. The van der Waals surface area contributed by atoms with Gasteiger partial charge in [0, 0.05) is 23.9 Å². The molecule has 2 rings (SSSR count). The SMILES string of the molecule is CCCn1cc(C(N)c2ccoc2C)cn1. The van der Waals surface area contributed by atoms with Crippen molar-refractivity contribution in [2.24, 2.45) is 5.73 Å². The van der Waals surface area contributed by atoms with E-state index in [-0.39, 0.29) is 6.04 Å². The maximum Gasteiger partial charge on any atom is 0.105 e. The first-order chi connectivity index (χ1) is 7.72. The molecule has 2 aromatic heterocycles. The smallest absolute Gasteiger partial charge is 0.105 e. The molecule has 0 saturated heterocycles. The molecule has 0 spiro atoms. The van der Waals surface area contributed by atoms with E-state index >= 15 is 0 Å². The highest BCUT2D eigenvalue weighted by molar-refractivity contribution is 5.29. The molecule has 2 aromatic rings. The molecule has 0 saturated carbocycles. The molecule has 16 heavy (non-hydrogen) atoms. The van der Waals surface area contributed by atoms with Crippen LogP contribution >= 0.6 is 0 Å². The van der Waals surface area contributed by atoms with Crippen LogP contribution in [0.3, 0.4) is 0 Å². The van der Waals surface area contributed by atoms with E-state index in [4.69, 9.17) is 10.2 Å². The van der Waals surface area contributed by atoms with E-state index in [0.717, 1.165) is 29.9 Å². The van der Waals surface area contributed by atoms with Crippen molar-refractivity contribution < 1.29 is 4.42 Å². The monoisotopic (exact) mass is 219 g/mol. The predicted molar refractivity (Wildman–Crippen MR) is 62.0 cm³/mol. The van der Waals surface area contributed by atoms with Gasteiger partial charge in [0.05, 0.1) is 18.5 Å². The molecule has 0 fully saturated rings. The number of hydrogen-bond acceptors (Lipinski definition) is 3. The van der Waals surface area contributed by atoms with Crippen LogP contribution in [0.15, 0.2) is 29.1 Å². The number of nitrogens with two attached hydrogens (primary N) is 1. The fourth-order valence-corrected chi connectivity index (χ4v) is 1.79. The van der Waals surface area contributed by atoms with E-state index in [1.54, 1.807) is 6.26 Å². The van der Waals surface area contributed by atoms with Gasteiger partial charge in [0.1, 0.15) is 5.76 Å². The van der Waals surface area contributed by atoms with Crippen molar-refractivity contribution >= 4 is 0 Å². The maximum atomic E-state index is 6.16. The fourth-order valence-electron chi connectivity index (χ4n) is 1.79. The zero-order valence-electron chi connectivity index (χ0n) is 9.68. The minimum Gasteiger partial charge on any atom is -0.469 e. The van der Waals surface area contributed by atoms with E-state index in [2.05, 4.69) is 12.0 Å². The number of aryl methyl sites for hydroxylation is 2. The molecular weight excluding hydrogens is 202 g/mol. The third-order valence-corrected chi connectivity index (χ3v) is 2.70. The summed E-state index contributed by atoms with van der Waals surface area (Å²) in [6.45, 7) is 4.98. The van der Waals surface area contributed by atoms with Gasteiger partial charge in [0.25, 0.3) is 0 Å². The Labute approximate surface area is 95.1 Å². The lowest BCUT2D eigenvalue weighted by Crippen LogP contribution is -2.11. The second-order valence-corrected chi connectivity index (χ2v) is 3.95. The summed E-state index contributed by atoms with van der Waals surface area (Å²) in [5.74, 6) is 0.871. The minimum absolute atomic E-state index is 0.149. The van der Waals surface area contributed by atoms with Gasteiger partial charge in [-0.1, -0.05) is 6.92 Å². The summed E-state index contributed by atoms with van der Waals surface area (Å²) in [4.78, 5) is 0. The van der Waals surface area contributed by atoms with E-state index in [0.29, 0.717) is 0 Å². The summed E-state index contributed by atoms with van der Waals surface area (Å²) in [5, 5.41) is 4.27. The molecule has 1 unspecified atom stereocenters. The lowest BCUT2D eigenvalue weighted by molar-refractivity contribution is 0.527. The topological polar surface area (TPSA) is 57.0 Å². The summed E-state index contributed by atoms with van der Waals surface area (Å²) >= 11 is 0. The van der Waals surface area contributed by atoms with Crippen LogP contribution in [-0.2, 0) is 6.54 Å².